The molecule has 2 atom stereocenters. The van der Waals surface area contributed by atoms with E-state index in [0.29, 0.717) is 36.5 Å². The van der Waals surface area contributed by atoms with Gasteiger partial charge in [-0.1, -0.05) is 6.07 Å². The van der Waals surface area contributed by atoms with Gasteiger partial charge in [-0.05, 0) is 35.9 Å². The number of benzene rings is 2. The Hall–Kier alpha value is -2.71. The number of ether oxygens (including phenoxy) is 3. The molecule has 0 spiro atoms. The molecule has 0 bridgehead atoms. The van der Waals surface area contributed by atoms with Gasteiger partial charge in [-0.3, -0.25) is 4.90 Å². The Kier molecular flexibility index (Phi) is 4.37. The van der Waals surface area contributed by atoms with Gasteiger partial charge in [0.1, 0.15) is 30.5 Å². The summed E-state index contributed by atoms with van der Waals surface area (Å²) < 4.78 is 44.2. The smallest absolute Gasteiger partial charge is 0.231 e. The second kappa shape index (κ2) is 7.03. The number of aromatic nitrogens is 2. The van der Waals surface area contributed by atoms with Crippen LogP contribution in [-0.2, 0) is 17.9 Å². The van der Waals surface area contributed by atoms with E-state index in [9.17, 15) is 8.78 Å². The van der Waals surface area contributed by atoms with Crippen LogP contribution in [-0.4, -0.2) is 47.0 Å². The van der Waals surface area contributed by atoms with Crippen molar-refractivity contribution in [3.05, 3.63) is 53.6 Å². The first-order chi connectivity index (χ1) is 13.6. The molecule has 28 heavy (non-hydrogen) atoms. The molecule has 0 aliphatic carbocycles. The van der Waals surface area contributed by atoms with Gasteiger partial charge in [0.15, 0.2) is 11.5 Å². The SMILES string of the molecule is Fc1ccc2nc(CO[C@H]3CN(Cc4ccc5c(c4)OCO5)C[C@H]3F)[nH]c2c1. The molecule has 0 amide bonds. The lowest BCUT2D eigenvalue weighted by molar-refractivity contribution is 0.00863. The van der Waals surface area contributed by atoms with Gasteiger partial charge in [0.2, 0.25) is 6.79 Å². The maximum atomic E-state index is 14.4. The lowest BCUT2D eigenvalue weighted by atomic mass is 10.2. The quantitative estimate of drug-likeness (QED) is 0.729. The van der Waals surface area contributed by atoms with Crippen LogP contribution in [0.15, 0.2) is 36.4 Å². The van der Waals surface area contributed by atoms with E-state index in [4.69, 9.17) is 14.2 Å². The van der Waals surface area contributed by atoms with Crippen molar-refractivity contribution in [2.75, 3.05) is 19.9 Å². The highest BCUT2D eigenvalue weighted by molar-refractivity contribution is 5.74. The fourth-order valence-electron chi connectivity index (χ4n) is 3.68. The van der Waals surface area contributed by atoms with Gasteiger partial charge in [0, 0.05) is 19.6 Å². The highest BCUT2D eigenvalue weighted by Gasteiger charge is 2.34. The van der Waals surface area contributed by atoms with Crippen LogP contribution < -0.4 is 9.47 Å². The third-order valence-electron chi connectivity index (χ3n) is 5.04. The van der Waals surface area contributed by atoms with Crippen LogP contribution in [0, 0.1) is 5.82 Å². The normalized spacial score (nSPS) is 21.6. The molecule has 3 heterocycles. The molecule has 2 aliphatic rings. The molecule has 2 aromatic carbocycles. The summed E-state index contributed by atoms with van der Waals surface area (Å²) >= 11 is 0. The number of nitrogens with zero attached hydrogens (tertiary/aromatic N) is 2. The van der Waals surface area contributed by atoms with Crippen LogP contribution in [0.1, 0.15) is 11.4 Å². The largest absolute Gasteiger partial charge is 0.454 e. The first-order valence-corrected chi connectivity index (χ1v) is 9.15. The number of likely N-dealkylation sites (tertiary alicyclic amines) is 1. The fraction of sp³-hybridized carbons (Fsp3) is 0.350. The number of nitrogens with one attached hydrogen (secondary N) is 1. The van der Waals surface area contributed by atoms with Crippen molar-refractivity contribution in [1.29, 1.82) is 0 Å². The zero-order chi connectivity index (χ0) is 19.1. The summed E-state index contributed by atoms with van der Waals surface area (Å²) in [7, 11) is 0. The summed E-state index contributed by atoms with van der Waals surface area (Å²) in [5.41, 5.74) is 2.30. The number of hydrogen-bond donors (Lipinski definition) is 1. The van der Waals surface area contributed by atoms with Gasteiger partial charge in [-0.2, -0.15) is 0 Å². The van der Waals surface area contributed by atoms with Crippen molar-refractivity contribution in [3.63, 3.8) is 0 Å². The van der Waals surface area contributed by atoms with E-state index >= 15 is 0 Å². The molecule has 3 aromatic rings. The molecule has 6 nitrogen and oxygen atoms in total. The summed E-state index contributed by atoms with van der Waals surface area (Å²) in [6, 6.07) is 10.1. The summed E-state index contributed by atoms with van der Waals surface area (Å²) in [4.78, 5) is 9.38. The molecule has 1 aromatic heterocycles. The zero-order valence-corrected chi connectivity index (χ0v) is 15.0. The number of hydrogen-bond acceptors (Lipinski definition) is 5. The molecular weight excluding hydrogens is 368 g/mol. The van der Waals surface area contributed by atoms with Crippen molar-refractivity contribution in [2.45, 2.75) is 25.4 Å². The van der Waals surface area contributed by atoms with E-state index in [2.05, 4.69) is 9.97 Å². The predicted octanol–water partition coefficient (Wildman–Crippen LogP) is 3.17. The first kappa shape index (κ1) is 17.4. The minimum Gasteiger partial charge on any atom is -0.454 e. The van der Waals surface area contributed by atoms with E-state index in [1.165, 1.54) is 12.1 Å². The standard InChI is InChI=1S/C20H19F2N3O3/c21-13-2-3-15-16(6-13)24-20(23-15)10-26-19-9-25(8-14(19)22)7-12-1-4-17-18(5-12)28-11-27-17/h1-6,14,19H,7-11H2,(H,23,24)/t14-,19+/m1/s1. The Morgan fingerprint density at radius 3 is 2.96 bits per heavy atom. The number of rotatable bonds is 5. The average Bonchev–Trinajstić information content (AvgIpc) is 3.37. The minimum atomic E-state index is -1.07. The van der Waals surface area contributed by atoms with Crippen molar-refractivity contribution >= 4 is 11.0 Å². The van der Waals surface area contributed by atoms with Crippen molar-refractivity contribution in [2.24, 2.45) is 0 Å². The van der Waals surface area contributed by atoms with Gasteiger partial charge >= 0.3 is 0 Å². The van der Waals surface area contributed by atoms with Crippen LogP contribution in [0.4, 0.5) is 8.78 Å². The molecule has 1 fully saturated rings. The average molecular weight is 387 g/mol. The topological polar surface area (TPSA) is 59.6 Å². The summed E-state index contributed by atoms with van der Waals surface area (Å²) in [6.45, 7) is 1.80. The van der Waals surface area contributed by atoms with Crippen molar-refractivity contribution < 1.29 is 23.0 Å². The Morgan fingerprint density at radius 2 is 2.04 bits per heavy atom. The minimum absolute atomic E-state index is 0.152. The number of imidazole rings is 1. The van der Waals surface area contributed by atoms with E-state index in [0.717, 1.165) is 17.1 Å². The van der Waals surface area contributed by atoms with E-state index in [1.54, 1.807) is 6.07 Å². The van der Waals surface area contributed by atoms with Crippen LogP contribution in [0.5, 0.6) is 11.5 Å². The van der Waals surface area contributed by atoms with Crippen LogP contribution in [0.3, 0.4) is 0 Å². The zero-order valence-electron chi connectivity index (χ0n) is 15.0. The molecule has 1 saturated heterocycles. The van der Waals surface area contributed by atoms with Gasteiger partial charge in [-0.15, -0.1) is 0 Å². The van der Waals surface area contributed by atoms with E-state index in [1.807, 2.05) is 23.1 Å². The Morgan fingerprint density at radius 1 is 1.14 bits per heavy atom. The lowest BCUT2D eigenvalue weighted by Gasteiger charge is -2.16. The second-order valence-corrected chi connectivity index (χ2v) is 7.09. The molecule has 2 aliphatic heterocycles. The molecule has 0 radical (unpaired) electrons. The Labute approximate surface area is 160 Å². The molecular formula is C20H19F2N3O3. The predicted molar refractivity (Wildman–Crippen MR) is 97.4 cm³/mol. The Balaban J connectivity index is 1.19. The third kappa shape index (κ3) is 3.41. The van der Waals surface area contributed by atoms with Gasteiger partial charge < -0.3 is 19.2 Å². The van der Waals surface area contributed by atoms with Crippen LogP contribution >= 0.6 is 0 Å². The number of fused-ring (bicyclic) bond motifs is 2. The molecule has 8 heteroatoms. The second-order valence-electron chi connectivity index (χ2n) is 7.09. The highest BCUT2D eigenvalue weighted by atomic mass is 19.1. The third-order valence-corrected chi connectivity index (χ3v) is 5.04. The summed E-state index contributed by atoms with van der Waals surface area (Å²) in [5, 5.41) is 0. The first-order valence-electron chi connectivity index (χ1n) is 9.15. The summed E-state index contributed by atoms with van der Waals surface area (Å²) in [5.74, 6) is 1.69. The van der Waals surface area contributed by atoms with E-state index < -0.39 is 12.3 Å². The number of H-pyrrole nitrogens is 1. The maximum absolute atomic E-state index is 14.4. The molecule has 5 rings (SSSR count). The van der Waals surface area contributed by atoms with Crippen LogP contribution in [0.2, 0.25) is 0 Å². The molecule has 0 saturated carbocycles. The van der Waals surface area contributed by atoms with Crippen molar-refractivity contribution in [1.82, 2.24) is 14.9 Å². The molecule has 1 N–H and O–H groups in total. The number of aromatic amines is 1. The summed E-state index contributed by atoms with van der Waals surface area (Å²) in [6.07, 6.45) is -1.60. The monoisotopic (exact) mass is 387 g/mol. The fourth-order valence-corrected chi connectivity index (χ4v) is 3.68. The van der Waals surface area contributed by atoms with Gasteiger partial charge in [0.05, 0.1) is 11.0 Å². The van der Waals surface area contributed by atoms with Crippen molar-refractivity contribution in [3.8, 4) is 11.5 Å². The van der Waals surface area contributed by atoms with Crippen LogP contribution in [0.25, 0.3) is 11.0 Å². The number of halogens is 2. The van der Waals surface area contributed by atoms with Gasteiger partial charge in [-0.25, -0.2) is 13.8 Å². The molecule has 146 valence electrons. The highest BCUT2D eigenvalue weighted by Crippen LogP contribution is 2.33. The molecule has 0 unspecified atom stereocenters. The van der Waals surface area contributed by atoms with Gasteiger partial charge in [0.25, 0.3) is 0 Å². The lowest BCUT2D eigenvalue weighted by Crippen LogP contribution is -2.24. The Bertz CT molecular complexity index is 1010. The number of alkyl halides is 1. The van der Waals surface area contributed by atoms with E-state index in [-0.39, 0.29) is 19.2 Å². The maximum Gasteiger partial charge on any atom is 0.231 e.